The highest BCUT2D eigenvalue weighted by Gasteiger charge is 2.10. The fraction of sp³-hybridized carbons (Fsp3) is 0.476. The van der Waals surface area contributed by atoms with Gasteiger partial charge < -0.3 is 14.6 Å². The van der Waals surface area contributed by atoms with E-state index in [4.69, 9.17) is 4.74 Å². The summed E-state index contributed by atoms with van der Waals surface area (Å²) < 4.78 is 6.94. The normalized spacial score (nSPS) is 11.2. The maximum Gasteiger partial charge on any atom is 0.278 e. The number of fused-ring (bicyclic) bond motifs is 1. The van der Waals surface area contributed by atoms with Crippen molar-refractivity contribution in [2.24, 2.45) is 0 Å². The van der Waals surface area contributed by atoms with Crippen LogP contribution in [0.4, 0.5) is 5.95 Å². The zero-order valence-electron chi connectivity index (χ0n) is 16.9. The molecule has 0 aliphatic carbocycles. The molecule has 1 aromatic carbocycles. The number of unbranched alkanes of at least 4 members (excludes halogenated alkanes) is 2. The smallest absolute Gasteiger partial charge is 0.278 e. The highest BCUT2D eigenvalue weighted by Crippen LogP contribution is 2.14. The third-order valence-corrected chi connectivity index (χ3v) is 4.99. The molecule has 7 nitrogen and oxygen atoms in total. The van der Waals surface area contributed by atoms with Gasteiger partial charge in [-0.1, -0.05) is 25.1 Å². The SMILES string of the molecule is CCc1cc(CNc2nc3ncn(CCCCCOC)c3c(=O)[nH]2)ccc1C. The molecule has 150 valence electrons. The Morgan fingerprint density at radius 2 is 2.11 bits per heavy atom. The molecule has 0 bridgehead atoms. The number of methoxy groups -OCH3 is 1. The van der Waals surface area contributed by atoms with Crippen LogP contribution in [0.25, 0.3) is 11.2 Å². The first-order valence-corrected chi connectivity index (χ1v) is 9.88. The molecule has 0 saturated carbocycles. The molecular weight excluding hydrogens is 354 g/mol. The van der Waals surface area contributed by atoms with Gasteiger partial charge >= 0.3 is 0 Å². The summed E-state index contributed by atoms with van der Waals surface area (Å²) in [6, 6.07) is 6.41. The number of H-pyrrole nitrogens is 1. The van der Waals surface area contributed by atoms with E-state index in [-0.39, 0.29) is 5.56 Å². The molecule has 0 aliphatic heterocycles. The van der Waals surface area contributed by atoms with Crippen LogP contribution >= 0.6 is 0 Å². The van der Waals surface area contributed by atoms with Crippen molar-refractivity contribution in [3.05, 3.63) is 51.6 Å². The lowest BCUT2D eigenvalue weighted by molar-refractivity contribution is 0.191. The predicted molar refractivity (Wildman–Crippen MR) is 112 cm³/mol. The van der Waals surface area contributed by atoms with Crippen LogP contribution in [0, 0.1) is 6.92 Å². The van der Waals surface area contributed by atoms with Crippen LogP contribution in [0.1, 0.15) is 42.9 Å². The van der Waals surface area contributed by atoms with E-state index in [2.05, 4.69) is 52.3 Å². The Hall–Kier alpha value is -2.67. The molecule has 3 aromatic rings. The third kappa shape index (κ3) is 4.78. The molecule has 0 aliphatic rings. The van der Waals surface area contributed by atoms with Gasteiger partial charge in [-0.15, -0.1) is 0 Å². The van der Waals surface area contributed by atoms with E-state index < -0.39 is 0 Å². The maximum absolute atomic E-state index is 12.6. The Morgan fingerprint density at radius 1 is 1.25 bits per heavy atom. The van der Waals surface area contributed by atoms with Crippen molar-refractivity contribution in [2.45, 2.75) is 52.6 Å². The summed E-state index contributed by atoms with van der Waals surface area (Å²) in [5.41, 5.74) is 4.63. The number of rotatable bonds is 10. The Balaban J connectivity index is 1.68. The van der Waals surface area contributed by atoms with Crippen LogP contribution in [0.2, 0.25) is 0 Å². The number of aromatic nitrogens is 4. The number of nitrogens with zero attached hydrogens (tertiary/aromatic N) is 3. The van der Waals surface area contributed by atoms with E-state index in [0.717, 1.165) is 44.4 Å². The van der Waals surface area contributed by atoms with E-state index in [1.165, 1.54) is 11.1 Å². The molecule has 28 heavy (non-hydrogen) atoms. The summed E-state index contributed by atoms with van der Waals surface area (Å²) in [6.45, 7) is 6.39. The summed E-state index contributed by atoms with van der Waals surface area (Å²) in [5.74, 6) is 0.446. The van der Waals surface area contributed by atoms with Gasteiger partial charge in [0.1, 0.15) is 0 Å². The lowest BCUT2D eigenvalue weighted by Gasteiger charge is -2.09. The first-order valence-electron chi connectivity index (χ1n) is 9.88. The van der Waals surface area contributed by atoms with Gasteiger partial charge in [0, 0.05) is 26.8 Å². The maximum atomic E-state index is 12.6. The molecule has 3 rings (SSSR count). The number of nitrogens with one attached hydrogen (secondary N) is 2. The van der Waals surface area contributed by atoms with Gasteiger partial charge in [-0.05, 0) is 49.3 Å². The largest absolute Gasteiger partial charge is 0.385 e. The quantitative estimate of drug-likeness (QED) is 0.524. The molecular formula is C21H29N5O2. The lowest BCUT2D eigenvalue weighted by Crippen LogP contribution is -2.16. The molecule has 0 unspecified atom stereocenters. The van der Waals surface area contributed by atoms with Gasteiger partial charge in [0.05, 0.1) is 6.33 Å². The minimum atomic E-state index is -0.167. The Kier molecular flexibility index (Phi) is 6.81. The molecule has 2 N–H and O–H groups in total. The molecule has 0 fully saturated rings. The predicted octanol–water partition coefficient (Wildman–Crippen LogP) is 3.42. The number of hydrogen-bond donors (Lipinski definition) is 2. The van der Waals surface area contributed by atoms with Crippen molar-refractivity contribution >= 4 is 17.1 Å². The number of ether oxygens (including phenoxy) is 1. The zero-order chi connectivity index (χ0) is 19.9. The average molecular weight is 383 g/mol. The van der Waals surface area contributed by atoms with E-state index in [9.17, 15) is 4.79 Å². The van der Waals surface area contributed by atoms with E-state index in [1.807, 2.05) is 4.57 Å². The second kappa shape index (κ2) is 9.50. The van der Waals surface area contributed by atoms with Crippen molar-refractivity contribution in [3.63, 3.8) is 0 Å². The number of aryl methyl sites for hydroxylation is 3. The molecule has 0 amide bonds. The van der Waals surface area contributed by atoms with Crippen LogP contribution in [0.5, 0.6) is 0 Å². The van der Waals surface area contributed by atoms with Crippen LogP contribution in [0.15, 0.2) is 29.3 Å². The molecule has 0 atom stereocenters. The standard InChI is InChI=1S/C21H29N5O2/c1-4-17-12-16(9-8-15(17)2)13-22-21-24-19-18(20(27)25-21)26(14-23-19)10-6-5-7-11-28-3/h8-9,12,14H,4-7,10-11,13H2,1-3H3,(H2,22,24,25,27). The van der Waals surface area contributed by atoms with Crippen molar-refractivity contribution < 1.29 is 4.74 Å². The van der Waals surface area contributed by atoms with Crippen molar-refractivity contribution in [3.8, 4) is 0 Å². The Bertz CT molecular complexity index is 977. The third-order valence-electron chi connectivity index (χ3n) is 4.99. The number of benzene rings is 1. The highest BCUT2D eigenvalue weighted by molar-refractivity contribution is 5.70. The Morgan fingerprint density at radius 3 is 2.89 bits per heavy atom. The molecule has 7 heteroatoms. The number of imidazole rings is 1. The van der Waals surface area contributed by atoms with Gasteiger partial charge in [-0.2, -0.15) is 4.98 Å². The topological polar surface area (TPSA) is 84.8 Å². The van der Waals surface area contributed by atoms with Crippen LogP contribution in [0.3, 0.4) is 0 Å². The molecule has 0 saturated heterocycles. The monoisotopic (exact) mass is 383 g/mol. The zero-order valence-corrected chi connectivity index (χ0v) is 16.9. The lowest BCUT2D eigenvalue weighted by atomic mass is 10.0. The summed E-state index contributed by atoms with van der Waals surface area (Å²) in [7, 11) is 1.71. The summed E-state index contributed by atoms with van der Waals surface area (Å²) in [6.07, 6.45) is 5.74. The first-order chi connectivity index (χ1) is 13.6. The number of anilines is 1. The van der Waals surface area contributed by atoms with Gasteiger partial charge in [-0.25, -0.2) is 4.98 Å². The van der Waals surface area contributed by atoms with Crippen molar-refractivity contribution in [2.75, 3.05) is 19.0 Å². The fourth-order valence-electron chi connectivity index (χ4n) is 3.35. The Labute approximate surface area is 165 Å². The second-order valence-corrected chi connectivity index (χ2v) is 7.05. The number of hydrogen-bond acceptors (Lipinski definition) is 5. The minimum absolute atomic E-state index is 0.167. The summed E-state index contributed by atoms with van der Waals surface area (Å²) in [5, 5.41) is 3.21. The van der Waals surface area contributed by atoms with Crippen LogP contribution in [-0.4, -0.2) is 33.2 Å². The number of aromatic amines is 1. The molecule has 0 spiro atoms. The van der Waals surface area contributed by atoms with E-state index in [1.54, 1.807) is 13.4 Å². The van der Waals surface area contributed by atoms with Crippen molar-refractivity contribution in [1.29, 1.82) is 0 Å². The van der Waals surface area contributed by atoms with Gasteiger partial charge in [0.25, 0.3) is 5.56 Å². The van der Waals surface area contributed by atoms with Crippen molar-refractivity contribution in [1.82, 2.24) is 19.5 Å². The fourth-order valence-corrected chi connectivity index (χ4v) is 3.35. The summed E-state index contributed by atoms with van der Waals surface area (Å²) in [4.78, 5) is 24.2. The highest BCUT2D eigenvalue weighted by atomic mass is 16.5. The van der Waals surface area contributed by atoms with Gasteiger partial charge in [0.15, 0.2) is 11.2 Å². The minimum Gasteiger partial charge on any atom is -0.385 e. The van der Waals surface area contributed by atoms with Crippen LogP contribution < -0.4 is 10.9 Å². The van der Waals surface area contributed by atoms with E-state index >= 15 is 0 Å². The molecule has 2 aromatic heterocycles. The molecule has 0 radical (unpaired) electrons. The average Bonchev–Trinajstić information content (AvgIpc) is 3.10. The summed E-state index contributed by atoms with van der Waals surface area (Å²) >= 11 is 0. The van der Waals surface area contributed by atoms with Crippen LogP contribution in [-0.2, 0) is 24.2 Å². The van der Waals surface area contributed by atoms with Gasteiger partial charge in [-0.3, -0.25) is 9.78 Å². The van der Waals surface area contributed by atoms with Gasteiger partial charge in [0.2, 0.25) is 5.95 Å². The van der Waals surface area contributed by atoms with E-state index in [0.29, 0.717) is 23.7 Å². The molecule has 2 heterocycles. The second-order valence-electron chi connectivity index (χ2n) is 7.05. The first kappa shape index (κ1) is 20.1.